The number of fused-ring (bicyclic) bond motifs is 1. The van der Waals surface area contributed by atoms with Crippen molar-refractivity contribution in [2.75, 3.05) is 6.54 Å². The molecule has 2 aromatic rings. The molecule has 0 saturated carbocycles. The maximum absolute atomic E-state index is 14.1. The molecule has 2 aromatic carbocycles. The van der Waals surface area contributed by atoms with E-state index in [1.165, 1.54) is 6.07 Å². The minimum absolute atomic E-state index is 0.0404. The minimum atomic E-state index is -0.663. The van der Waals surface area contributed by atoms with Gasteiger partial charge in [0.15, 0.2) is 0 Å². The van der Waals surface area contributed by atoms with Crippen molar-refractivity contribution in [3.63, 3.8) is 0 Å². The summed E-state index contributed by atoms with van der Waals surface area (Å²) in [6, 6.07) is 9.52. The summed E-state index contributed by atoms with van der Waals surface area (Å²) >= 11 is 5.79. The van der Waals surface area contributed by atoms with Gasteiger partial charge < -0.3 is 11.1 Å². The SMILES string of the molecule is NC(c1ccc2c(c1)C(=O)NCC2)c1cccc(Cl)c1F. The average molecular weight is 305 g/mol. The van der Waals surface area contributed by atoms with Gasteiger partial charge in [0.25, 0.3) is 5.91 Å². The third-order valence-corrected chi connectivity index (χ3v) is 4.03. The van der Waals surface area contributed by atoms with Crippen molar-refractivity contribution in [2.45, 2.75) is 12.5 Å². The monoisotopic (exact) mass is 304 g/mol. The smallest absolute Gasteiger partial charge is 0.251 e. The van der Waals surface area contributed by atoms with Crippen LogP contribution in [0, 0.1) is 5.82 Å². The van der Waals surface area contributed by atoms with Crippen LogP contribution in [0.1, 0.15) is 33.1 Å². The minimum Gasteiger partial charge on any atom is -0.352 e. The van der Waals surface area contributed by atoms with Crippen LogP contribution in [0.3, 0.4) is 0 Å². The molecule has 3 N–H and O–H groups in total. The highest BCUT2D eigenvalue weighted by Crippen LogP contribution is 2.28. The van der Waals surface area contributed by atoms with Crippen LogP contribution in [0.15, 0.2) is 36.4 Å². The molecule has 1 heterocycles. The highest BCUT2D eigenvalue weighted by atomic mass is 35.5. The van der Waals surface area contributed by atoms with Gasteiger partial charge in [-0.25, -0.2) is 4.39 Å². The van der Waals surface area contributed by atoms with Gasteiger partial charge in [-0.15, -0.1) is 0 Å². The Morgan fingerprint density at radius 2 is 2.10 bits per heavy atom. The molecule has 0 saturated heterocycles. The third kappa shape index (κ3) is 2.52. The van der Waals surface area contributed by atoms with Crippen molar-refractivity contribution >= 4 is 17.5 Å². The molecule has 0 radical (unpaired) electrons. The third-order valence-electron chi connectivity index (χ3n) is 3.73. The Morgan fingerprint density at radius 3 is 2.90 bits per heavy atom. The fraction of sp³-hybridized carbons (Fsp3) is 0.188. The van der Waals surface area contributed by atoms with Crippen LogP contribution in [-0.2, 0) is 6.42 Å². The van der Waals surface area contributed by atoms with E-state index in [0.717, 1.165) is 12.0 Å². The van der Waals surface area contributed by atoms with Gasteiger partial charge in [-0.2, -0.15) is 0 Å². The maximum atomic E-state index is 14.1. The molecule has 0 fully saturated rings. The van der Waals surface area contributed by atoms with Crippen molar-refractivity contribution in [1.29, 1.82) is 0 Å². The van der Waals surface area contributed by atoms with Crippen molar-refractivity contribution in [3.8, 4) is 0 Å². The summed E-state index contributed by atoms with van der Waals surface area (Å²) in [5.41, 5.74) is 8.73. The summed E-state index contributed by atoms with van der Waals surface area (Å²) < 4.78 is 14.1. The van der Waals surface area contributed by atoms with Crippen LogP contribution in [-0.4, -0.2) is 12.5 Å². The second-order valence-electron chi connectivity index (χ2n) is 5.04. The first-order chi connectivity index (χ1) is 10.1. The molecule has 3 nitrogen and oxygen atoms in total. The Morgan fingerprint density at radius 1 is 1.29 bits per heavy atom. The second kappa shape index (κ2) is 5.47. The summed E-state index contributed by atoms with van der Waals surface area (Å²) in [5.74, 6) is -0.634. The van der Waals surface area contributed by atoms with Crippen LogP contribution in [0.2, 0.25) is 5.02 Å². The molecule has 1 amide bonds. The lowest BCUT2D eigenvalue weighted by atomic mass is 9.92. The van der Waals surface area contributed by atoms with Crippen LogP contribution < -0.4 is 11.1 Å². The summed E-state index contributed by atoms with van der Waals surface area (Å²) in [6.07, 6.45) is 0.794. The van der Waals surface area contributed by atoms with E-state index in [2.05, 4.69) is 5.32 Å². The normalized spacial score (nSPS) is 15.3. The molecular formula is C16H14ClFN2O. The van der Waals surface area contributed by atoms with Gasteiger partial charge in [0.1, 0.15) is 5.82 Å². The predicted octanol–water partition coefficient (Wildman–Crippen LogP) is 2.81. The standard InChI is InChI=1S/C16H14ClFN2O/c17-13-3-1-2-11(14(13)18)15(19)10-5-4-9-6-7-20-16(21)12(9)8-10/h1-5,8,15H,6-7,19H2,(H,20,21). The number of nitrogens with one attached hydrogen (secondary N) is 1. The van der Waals surface area contributed by atoms with E-state index in [0.29, 0.717) is 23.2 Å². The number of rotatable bonds is 2. The van der Waals surface area contributed by atoms with E-state index in [9.17, 15) is 9.18 Å². The van der Waals surface area contributed by atoms with Gasteiger partial charge in [-0.3, -0.25) is 4.79 Å². The number of hydrogen-bond acceptors (Lipinski definition) is 2. The number of halogens is 2. The zero-order valence-electron chi connectivity index (χ0n) is 11.2. The Hall–Kier alpha value is -1.91. The molecule has 1 atom stereocenters. The fourth-order valence-corrected chi connectivity index (χ4v) is 2.74. The summed E-state index contributed by atoms with van der Waals surface area (Å²) in [7, 11) is 0. The van der Waals surface area contributed by atoms with Gasteiger partial charge >= 0.3 is 0 Å². The van der Waals surface area contributed by atoms with Crippen LogP contribution in [0.25, 0.3) is 0 Å². The van der Waals surface area contributed by atoms with Gasteiger partial charge in [-0.1, -0.05) is 35.9 Å². The number of amides is 1. The quantitative estimate of drug-likeness (QED) is 0.896. The predicted molar refractivity (Wildman–Crippen MR) is 79.9 cm³/mol. The zero-order chi connectivity index (χ0) is 15.0. The molecule has 0 aromatic heterocycles. The number of hydrogen-bond donors (Lipinski definition) is 2. The molecule has 0 spiro atoms. The highest BCUT2D eigenvalue weighted by Gasteiger charge is 2.20. The maximum Gasteiger partial charge on any atom is 0.251 e. The highest BCUT2D eigenvalue weighted by molar-refractivity contribution is 6.30. The van der Waals surface area contributed by atoms with Crippen molar-refractivity contribution in [1.82, 2.24) is 5.32 Å². The molecular weight excluding hydrogens is 291 g/mol. The van der Waals surface area contributed by atoms with Crippen LogP contribution in [0.5, 0.6) is 0 Å². The van der Waals surface area contributed by atoms with Gasteiger partial charge in [0.05, 0.1) is 11.1 Å². The Balaban J connectivity index is 2.02. The first-order valence-corrected chi connectivity index (χ1v) is 7.06. The lowest BCUT2D eigenvalue weighted by Crippen LogP contribution is -2.32. The van der Waals surface area contributed by atoms with Gasteiger partial charge in [-0.05, 0) is 29.7 Å². The Kier molecular flexibility index (Phi) is 3.66. The summed E-state index contributed by atoms with van der Waals surface area (Å²) in [5, 5.41) is 2.83. The fourth-order valence-electron chi connectivity index (χ4n) is 2.56. The number of carbonyl (C=O) groups is 1. The molecule has 3 rings (SSSR count). The summed E-state index contributed by atoms with van der Waals surface area (Å²) in [4.78, 5) is 11.9. The van der Waals surface area contributed by atoms with Crippen LogP contribution >= 0.6 is 11.6 Å². The number of benzene rings is 2. The molecule has 1 aliphatic heterocycles. The second-order valence-corrected chi connectivity index (χ2v) is 5.45. The van der Waals surface area contributed by atoms with Gasteiger partial charge in [0, 0.05) is 17.7 Å². The lowest BCUT2D eigenvalue weighted by Gasteiger charge is -2.20. The van der Waals surface area contributed by atoms with E-state index in [4.69, 9.17) is 17.3 Å². The number of nitrogens with two attached hydrogens (primary N) is 1. The largest absolute Gasteiger partial charge is 0.352 e. The van der Waals surface area contributed by atoms with E-state index < -0.39 is 11.9 Å². The molecule has 108 valence electrons. The summed E-state index contributed by atoms with van der Waals surface area (Å²) in [6.45, 7) is 0.639. The van der Waals surface area contributed by atoms with Crippen molar-refractivity contribution < 1.29 is 9.18 Å². The Labute approximate surface area is 126 Å². The topological polar surface area (TPSA) is 55.1 Å². The molecule has 21 heavy (non-hydrogen) atoms. The van der Waals surface area contributed by atoms with E-state index in [-0.39, 0.29) is 10.9 Å². The van der Waals surface area contributed by atoms with Crippen molar-refractivity contribution in [2.24, 2.45) is 5.73 Å². The molecule has 0 aliphatic carbocycles. The van der Waals surface area contributed by atoms with E-state index in [1.807, 2.05) is 12.1 Å². The Bertz CT molecular complexity index is 717. The first-order valence-electron chi connectivity index (χ1n) is 6.68. The zero-order valence-corrected chi connectivity index (χ0v) is 12.0. The molecule has 1 aliphatic rings. The lowest BCUT2D eigenvalue weighted by molar-refractivity contribution is 0.0946. The van der Waals surface area contributed by atoms with Gasteiger partial charge in [0.2, 0.25) is 0 Å². The molecule has 1 unspecified atom stereocenters. The number of carbonyl (C=O) groups excluding carboxylic acids is 1. The molecule has 0 bridgehead atoms. The first kappa shape index (κ1) is 14.0. The van der Waals surface area contributed by atoms with E-state index in [1.54, 1.807) is 18.2 Å². The average Bonchev–Trinajstić information content (AvgIpc) is 2.49. The van der Waals surface area contributed by atoms with E-state index >= 15 is 0 Å². The van der Waals surface area contributed by atoms with Crippen molar-refractivity contribution in [3.05, 3.63) is 69.5 Å². The van der Waals surface area contributed by atoms with Crippen LogP contribution in [0.4, 0.5) is 4.39 Å². The molecule has 5 heteroatoms.